The molecule has 1 fully saturated rings. The zero-order valence-electron chi connectivity index (χ0n) is 10.4. The topological polar surface area (TPSA) is 68.0 Å². The van der Waals surface area contributed by atoms with Crippen molar-refractivity contribution in [3.05, 3.63) is 35.7 Å². The van der Waals surface area contributed by atoms with E-state index in [9.17, 15) is 9.90 Å². The predicted molar refractivity (Wildman–Crippen MR) is 72.1 cm³/mol. The molecule has 0 spiro atoms. The second-order valence-corrected chi connectivity index (χ2v) is 5.33. The van der Waals surface area contributed by atoms with Gasteiger partial charge in [0.1, 0.15) is 0 Å². The summed E-state index contributed by atoms with van der Waals surface area (Å²) < 4.78 is 1.69. The molecule has 1 aliphatic carbocycles. The minimum absolute atomic E-state index is 0.0819. The zero-order valence-corrected chi connectivity index (χ0v) is 11.2. The minimum atomic E-state index is -1.00. The van der Waals surface area contributed by atoms with E-state index in [0.717, 1.165) is 29.1 Å². The van der Waals surface area contributed by atoms with Crippen LogP contribution < -0.4 is 0 Å². The molecule has 0 aliphatic heterocycles. The third-order valence-electron chi connectivity index (χ3n) is 3.18. The summed E-state index contributed by atoms with van der Waals surface area (Å²) in [5.74, 6) is -0.731. The van der Waals surface area contributed by atoms with Crippen molar-refractivity contribution in [1.29, 1.82) is 0 Å². The molecule has 1 aromatic heterocycles. The highest BCUT2D eigenvalue weighted by molar-refractivity contribution is 7.98. The molecule has 19 heavy (non-hydrogen) atoms. The van der Waals surface area contributed by atoms with Crippen LogP contribution in [0.2, 0.25) is 0 Å². The SMILES string of the molecule is CSc1ccccc1-n1nnc(C(=O)O)c1C1CC1. The predicted octanol–water partition coefficient (Wildman–Crippen LogP) is 2.56. The summed E-state index contributed by atoms with van der Waals surface area (Å²) in [6, 6.07) is 7.83. The van der Waals surface area contributed by atoms with Crippen LogP contribution >= 0.6 is 11.8 Å². The van der Waals surface area contributed by atoms with Crippen LogP contribution in [0, 0.1) is 0 Å². The minimum Gasteiger partial charge on any atom is -0.476 e. The van der Waals surface area contributed by atoms with Crippen molar-refractivity contribution in [3.63, 3.8) is 0 Å². The highest BCUT2D eigenvalue weighted by atomic mass is 32.2. The fourth-order valence-electron chi connectivity index (χ4n) is 2.15. The summed E-state index contributed by atoms with van der Waals surface area (Å²) in [5, 5.41) is 17.1. The van der Waals surface area contributed by atoms with Crippen molar-refractivity contribution >= 4 is 17.7 Å². The Bertz CT molecular complexity index is 635. The molecule has 0 radical (unpaired) electrons. The number of nitrogens with zero attached hydrogens (tertiary/aromatic N) is 3. The second kappa shape index (κ2) is 4.70. The van der Waals surface area contributed by atoms with Crippen LogP contribution in [-0.2, 0) is 0 Å². The van der Waals surface area contributed by atoms with Crippen LogP contribution in [0.3, 0.4) is 0 Å². The Balaban J connectivity index is 2.17. The fraction of sp³-hybridized carbons (Fsp3) is 0.308. The fourth-order valence-corrected chi connectivity index (χ4v) is 2.73. The smallest absolute Gasteiger partial charge is 0.358 e. The Kier molecular flexibility index (Phi) is 3.02. The van der Waals surface area contributed by atoms with Crippen molar-refractivity contribution < 1.29 is 9.90 Å². The first kappa shape index (κ1) is 12.2. The van der Waals surface area contributed by atoms with Gasteiger partial charge in [-0.1, -0.05) is 17.3 Å². The molecule has 0 amide bonds. The monoisotopic (exact) mass is 275 g/mol. The van der Waals surface area contributed by atoms with Crippen molar-refractivity contribution in [1.82, 2.24) is 15.0 Å². The third kappa shape index (κ3) is 2.12. The van der Waals surface area contributed by atoms with Gasteiger partial charge >= 0.3 is 5.97 Å². The van der Waals surface area contributed by atoms with E-state index in [1.807, 2.05) is 30.5 Å². The number of aromatic carboxylic acids is 1. The summed E-state index contributed by atoms with van der Waals surface area (Å²) in [6.45, 7) is 0. The van der Waals surface area contributed by atoms with Crippen LogP contribution in [-0.4, -0.2) is 32.3 Å². The number of carboxylic acid groups (broad SMARTS) is 1. The Hall–Kier alpha value is -1.82. The molecule has 1 N–H and O–H groups in total. The molecule has 1 saturated carbocycles. The summed E-state index contributed by atoms with van der Waals surface area (Å²) in [4.78, 5) is 12.3. The Morgan fingerprint density at radius 2 is 2.16 bits per heavy atom. The van der Waals surface area contributed by atoms with Gasteiger partial charge in [-0.2, -0.15) is 0 Å². The Morgan fingerprint density at radius 1 is 1.42 bits per heavy atom. The first-order valence-electron chi connectivity index (χ1n) is 6.04. The van der Waals surface area contributed by atoms with Gasteiger partial charge < -0.3 is 5.11 Å². The second-order valence-electron chi connectivity index (χ2n) is 4.49. The first-order chi connectivity index (χ1) is 9.22. The van der Waals surface area contributed by atoms with E-state index in [1.165, 1.54) is 0 Å². The summed E-state index contributed by atoms with van der Waals surface area (Å²) in [6.07, 6.45) is 4.01. The number of aromatic nitrogens is 3. The number of hydrogen-bond donors (Lipinski definition) is 1. The molecule has 0 bridgehead atoms. The number of rotatable bonds is 4. The maximum Gasteiger partial charge on any atom is 0.358 e. The molecule has 0 atom stereocenters. The number of benzene rings is 1. The Labute approximate surface area is 114 Å². The molecule has 0 unspecified atom stereocenters. The van der Waals surface area contributed by atoms with E-state index in [2.05, 4.69) is 10.3 Å². The molecule has 98 valence electrons. The lowest BCUT2D eigenvalue weighted by Crippen LogP contribution is -2.06. The van der Waals surface area contributed by atoms with E-state index < -0.39 is 5.97 Å². The lowest BCUT2D eigenvalue weighted by Gasteiger charge is -2.09. The van der Waals surface area contributed by atoms with Crippen LogP contribution in [0.1, 0.15) is 34.9 Å². The van der Waals surface area contributed by atoms with Gasteiger partial charge in [0.25, 0.3) is 0 Å². The summed E-state index contributed by atoms with van der Waals surface area (Å²) in [7, 11) is 0. The van der Waals surface area contributed by atoms with Crippen LogP contribution in [0.15, 0.2) is 29.2 Å². The van der Waals surface area contributed by atoms with Gasteiger partial charge in [0.2, 0.25) is 0 Å². The van der Waals surface area contributed by atoms with Crippen molar-refractivity contribution in [2.24, 2.45) is 0 Å². The zero-order chi connectivity index (χ0) is 13.4. The van der Waals surface area contributed by atoms with Gasteiger partial charge in [0.05, 0.1) is 11.4 Å². The molecule has 1 heterocycles. The maximum absolute atomic E-state index is 11.2. The van der Waals surface area contributed by atoms with E-state index in [0.29, 0.717) is 0 Å². The molecule has 3 rings (SSSR count). The lowest BCUT2D eigenvalue weighted by molar-refractivity contribution is 0.0689. The highest BCUT2D eigenvalue weighted by Crippen LogP contribution is 2.42. The molecular formula is C13H13N3O2S. The van der Waals surface area contributed by atoms with E-state index in [1.54, 1.807) is 16.4 Å². The highest BCUT2D eigenvalue weighted by Gasteiger charge is 2.34. The van der Waals surface area contributed by atoms with Gasteiger partial charge in [-0.05, 0) is 31.2 Å². The van der Waals surface area contributed by atoms with E-state index >= 15 is 0 Å². The van der Waals surface area contributed by atoms with Crippen LogP contribution in [0.5, 0.6) is 0 Å². The average molecular weight is 275 g/mol. The Morgan fingerprint density at radius 3 is 2.79 bits per heavy atom. The van der Waals surface area contributed by atoms with Crippen LogP contribution in [0.4, 0.5) is 0 Å². The molecule has 1 aromatic carbocycles. The van der Waals surface area contributed by atoms with Gasteiger partial charge in [-0.25, -0.2) is 9.48 Å². The number of carbonyl (C=O) groups is 1. The average Bonchev–Trinajstić information content (AvgIpc) is 3.17. The van der Waals surface area contributed by atoms with Gasteiger partial charge in [-0.15, -0.1) is 16.9 Å². The van der Waals surface area contributed by atoms with Crippen molar-refractivity contribution in [3.8, 4) is 5.69 Å². The van der Waals surface area contributed by atoms with E-state index in [-0.39, 0.29) is 11.6 Å². The largest absolute Gasteiger partial charge is 0.476 e. The number of carboxylic acids is 1. The molecular weight excluding hydrogens is 262 g/mol. The third-order valence-corrected chi connectivity index (χ3v) is 3.97. The lowest BCUT2D eigenvalue weighted by atomic mass is 10.2. The van der Waals surface area contributed by atoms with Crippen molar-refractivity contribution in [2.45, 2.75) is 23.7 Å². The van der Waals surface area contributed by atoms with Crippen LogP contribution in [0.25, 0.3) is 5.69 Å². The molecule has 6 heteroatoms. The maximum atomic E-state index is 11.2. The number of thioether (sulfide) groups is 1. The number of para-hydroxylation sites is 1. The van der Waals surface area contributed by atoms with Crippen molar-refractivity contribution in [2.75, 3.05) is 6.26 Å². The van der Waals surface area contributed by atoms with Gasteiger partial charge in [-0.3, -0.25) is 0 Å². The summed E-state index contributed by atoms with van der Waals surface area (Å²) in [5.41, 5.74) is 1.71. The van der Waals surface area contributed by atoms with Gasteiger partial charge in [0.15, 0.2) is 5.69 Å². The molecule has 0 saturated heterocycles. The van der Waals surface area contributed by atoms with E-state index in [4.69, 9.17) is 0 Å². The molecule has 5 nitrogen and oxygen atoms in total. The summed E-state index contributed by atoms with van der Waals surface area (Å²) >= 11 is 1.61. The molecule has 1 aliphatic rings. The molecule has 2 aromatic rings. The van der Waals surface area contributed by atoms with Gasteiger partial charge in [0, 0.05) is 10.8 Å². The first-order valence-corrected chi connectivity index (χ1v) is 7.27. The quantitative estimate of drug-likeness (QED) is 0.868. The standard InChI is InChI=1S/C13H13N3O2S/c1-19-10-5-3-2-4-9(10)16-12(8-6-7-8)11(13(17)18)14-15-16/h2-5,8H,6-7H2,1H3,(H,17,18). The normalized spacial score (nSPS) is 14.6. The number of hydrogen-bond acceptors (Lipinski definition) is 4.